The zero-order valence-electron chi connectivity index (χ0n) is 29.9. The smallest absolute Gasteiger partial charge is 0.249 e. The first kappa shape index (κ1) is 8.79. The molecule has 0 N–H and O–H groups in total. The van der Waals surface area contributed by atoms with Gasteiger partial charge < -0.3 is 9.80 Å². The Hall–Kier alpha value is -3.36. The topological polar surface area (TPSA) is 67.2 Å². The lowest BCUT2D eigenvalue weighted by Crippen LogP contribution is -2.55. The van der Waals surface area contributed by atoms with Gasteiger partial charge in [-0.25, -0.2) is 18.7 Å². The molecule has 7 nitrogen and oxygen atoms in total. The average Bonchev–Trinajstić information content (AvgIpc) is 3.33. The molecule has 0 aliphatic carbocycles. The van der Waals surface area contributed by atoms with Crippen molar-refractivity contribution >= 4 is 17.4 Å². The molecule has 3 heterocycles. The summed E-state index contributed by atoms with van der Waals surface area (Å²) in [6.07, 6.45) is -1.00. The number of fused-ring (bicyclic) bond motifs is 1. The molecule has 2 aromatic heterocycles. The van der Waals surface area contributed by atoms with E-state index in [1.54, 1.807) is 0 Å². The molecule has 0 fully saturated rings. The fraction of sp³-hybridized carbons (Fsp3) is 0.333. The molecule has 1 unspecified atom stereocenters. The Balaban J connectivity index is 2.15. The van der Waals surface area contributed by atoms with Crippen LogP contribution < -0.4 is 9.80 Å². The van der Waals surface area contributed by atoms with Crippen LogP contribution in [0.4, 0.5) is 20.3 Å². The first-order chi connectivity index (χ1) is 20.2. The van der Waals surface area contributed by atoms with Crippen molar-refractivity contribution < 1.29 is 34.1 Å². The van der Waals surface area contributed by atoms with Crippen molar-refractivity contribution in [3.05, 3.63) is 48.4 Å². The molecule has 1 amide bonds. The Morgan fingerprint density at radius 3 is 2.77 bits per heavy atom. The lowest BCUT2D eigenvalue weighted by Gasteiger charge is -2.42. The normalized spacial score (nSPS) is 26.3. The van der Waals surface area contributed by atoms with Crippen molar-refractivity contribution in [2.45, 2.75) is 39.0 Å². The van der Waals surface area contributed by atoms with E-state index in [9.17, 15) is 13.6 Å². The van der Waals surface area contributed by atoms with Gasteiger partial charge in [0.1, 0.15) is 29.2 Å². The first-order valence-electron chi connectivity index (χ1n) is 15.8. The molecule has 4 rings (SSSR count). The van der Waals surface area contributed by atoms with E-state index >= 15 is 0 Å². The van der Waals surface area contributed by atoms with Gasteiger partial charge in [0.25, 0.3) is 0 Å². The van der Waals surface area contributed by atoms with Gasteiger partial charge in [-0.1, -0.05) is 6.85 Å². The van der Waals surface area contributed by atoms with Crippen LogP contribution in [-0.2, 0) is 4.79 Å². The van der Waals surface area contributed by atoms with Crippen molar-refractivity contribution in [1.29, 1.82) is 0 Å². The lowest BCUT2D eigenvalue weighted by molar-refractivity contribution is -0.120. The van der Waals surface area contributed by atoms with Gasteiger partial charge in [0.05, 0.1) is 7.57 Å². The molecule has 0 bridgehead atoms. The molecule has 0 saturated carbocycles. The van der Waals surface area contributed by atoms with Gasteiger partial charge in [-0.2, -0.15) is 4.98 Å². The molecule has 3 aromatic rings. The highest BCUT2D eigenvalue weighted by atomic mass is 19.1. The number of nitrogens with zero attached hydrogens (tertiary/aromatic N) is 6. The number of anilines is 2. The van der Waals surface area contributed by atoms with Crippen molar-refractivity contribution in [3.63, 3.8) is 0 Å². The number of imidazole rings is 1. The van der Waals surface area contributed by atoms with Gasteiger partial charge in [-0.3, -0.25) is 9.36 Å². The molecular weight excluding hydrogens is 390 g/mol. The van der Waals surface area contributed by atoms with Crippen LogP contribution in [0, 0.1) is 11.6 Å². The summed E-state index contributed by atoms with van der Waals surface area (Å²) in [4.78, 5) is 25.5. The average molecular weight is 428 g/mol. The molecule has 1 atom stereocenters. The molecule has 156 valence electrons. The van der Waals surface area contributed by atoms with Gasteiger partial charge in [0.2, 0.25) is 11.9 Å². The number of halogens is 2. The van der Waals surface area contributed by atoms with E-state index in [1.165, 1.54) is 0 Å². The number of aromatic nitrogens is 4. The molecular formula is C21H22F2N6O. The van der Waals surface area contributed by atoms with Crippen LogP contribution in [0.1, 0.15) is 47.5 Å². The summed E-state index contributed by atoms with van der Waals surface area (Å²) in [5.74, 6) is -5.90. The predicted molar refractivity (Wildman–Crippen MR) is 110 cm³/mol. The third-order valence-electron chi connectivity index (χ3n) is 4.27. The number of benzene rings is 1. The quantitative estimate of drug-likeness (QED) is 0.637. The Bertz CT molecular complexity index is 1600. The SMILES string of the molecule is [2H]C([2H])([2H])N1C(=O)C(C([2H])([2H])C([2H])([2H])[2H])N(C([2H])(C([2H])([2H])[2H])C([2H])([2H])[2H])c2nc(-n3ccnc3-c3cc(F)cc(F)c3)ncc21. The number of carbonyl (C=O) groups excluding carboxylic acids is 1. The van der Waals surface area contributed by atoms with Crippen LogP contribution in [-0.4, -0.2) is 44.5 Å². The number of hydrogen-bond donors (Lipinski definition) is 0. The van der Waals surface area contributed by atoms with E-state index in [0.29, 0.717) is 12.3 Å². The monoisotopic (exact) mass is 427 g/mol. The van der Waals surface area contributed by atoms with Crippen LogP contribution in [0.3, 0.4) is 0 Å². The second-order valence-electron chi connectivity index (χ2n) is 6.10. The van der Waals surface area contributed by atoms with Gasteiger partial charge >= 0.3 is 0 Å². The van der Waals surface area contributed by atoms with Crippen molar-refractivity contribution in [2.75, 3.05) is 16.8 Å². The standard InChI is InChI=1S/C21H22F2N6O/c1-5-16-20(30)27(4)17-11-25-21(26-19(17)29(16)12(2)3)28-7-6-24-18(28)13-8-14(22)10-15(23)9-13/h6-12,16H,5H2,1-4H3/i1D3,2D3,3D3,4D3,5D2,12D. The minimum absolute atomic E-state index is 0.0902. The molecule has 0 radical (unpaired) electrons. The van der Waals surface area contributed by atoms with Crippen molar-refractivity contribution in [1.82, 2.24) is 19.5 Å². The fourth-order valence-corrected chi connectivity index (χ4v) is 3.00. The summed E-state index contributed by atoms with van der Waals surface area (Å²) in [5, 5.41) is 0. The van der Waals surface area contributed by atoms with Crippen molar-refractivity contribution in [2.24, 2.45) is 0 Å². The summed E-state index contributed by atoms with van der Waals surface area (Å²) >= 11 is 0. The predicted octanol–water partition coefficient (Wildman–Crippen LogP) is 3.58. The summed E-state index contributed by atoms with van der Waals surface area (Å²) < 4.78 is 150. The van der Waals surface area contributed by atoms with Gasteiger partial charge in [0.15, 0.2) is 5.82 Å². The van der Waals surface area contributed by atoms with E-state index in [2.05, 4.69) is 15.0 Å². The second kappa shape index (κ2) is 7.47. The number of carbonyl (C=O) groups is 1. The summed E-state index contributed by atoms with van der Waals surface area (Å²) in [6.45, 7) is -15.2. The number of likely N-dealkylation sites (N-methyl/N-ethyl adjacent to an activating group) is 1. The Morgan fingerprint density at radius 1 is 1.27 bits per heavy atom. The second-order valence-corrected chi connectivity index (χ2v) is 6.10. The highest BCUT2D eigenvalue weighted by Gasteiger charge is 2.38. The van der Waals surface area contributed by atoms with Crippen LogP contribution >= 0.6 is 0 Å². The Labute approximate surface area is 194 Å². The molecule has 1 aliphatic rings. The highest BCUT2D eigenvalue weighted by molar-refractivity contribution is 6.04. The summed E-state index contributed by atoms with van der Waals surface area (Å²) in [7, 11) is 0. The molecule has 30 heavy (non-hydrogen) atoms. The Morgan fingerprint density at radius 2 is 2.07 bits per heavy atom. The third kappa shape index (κ3) is 3.20. The zero-order chi connectivity index (χ0) is 34.3. The fourth-order valence-electron chi connectivity index (χ4n) is 3.00. The minimum atomic E-state index is -4.02. The Kier molecular flexibility index (Phi) is 2.19. The third-order valence-corrected chi connectivity index (χ3v) is 4.27. The van der Waals surface area contributed by atoms with Crippen LogP contribution in [0.2, 0.25) is 0 Å². The van der Waals surface area contributed by atoms with E-state index < -0.39 is 81.0 Å². The van der Waals surface area contributed by atoms with E-state index in [1.807, 2.05) is 0 Å². The highest BCUT2D eigenvalue weighted by Crippen LogP contribution is 2.36. The first-order valence-corrected chi connectivity index (χ1v) is 8.26. The van der Waals surface area contributed by atoms with E-state index in [-0.39, 0.29) is 21.2 Å². The van der Waals surface area contributed by atoms with Gasteiger partial charge in [-0.05, 0) is 32.2 Å². The molecule has 9 heteroatoms. The van der Waals surface area contributed by atoms with E-state index in [0.717, 1.165) is 29.1 Å². The maximum Gasteiger partial charge on any atom is 0.249 e. The van der Waals surface area contributed by atoms with Crippen LogP contribution in [0.25, 0.3) is 17.3 Å². The molecule has 0 saturated heterocycles. The summed E-state index contributed by atoms with van der Waals surface area (Å²) in [6, 6.07) is -4.79. The lowest BCUT2D eigenvalue weighted by atomic mass is 10.1. The zero-order valence-corrected chi connectivity index (χ0v) is 14.9. The largest absolute Gasteiger partial charge is 0.340 e. The summed E-state index contributed by atoms with van der Waals surface area (Å²) in [5.41, 5.74) is -1.09. The van der Waals surface area contributed by atoms with Crippen molar-refractivity contribution in [3.8, 4) is 17.3 Å². The molecule has 1 aromatic carbocycles. The maximum atomic E-state index is 14.0. The molecule has 1 aliphatic heterocycles. The number of rotatable bonds is 4. The maximum absolute atomic E-state index is 14.0. The van der Waals surface area contributed by atoms with Crippen LogP contribution in [0.5, 0.6) is 0 Å². The molecule has 0 spiro atoms. The van der Waals surface area contributed by atoms with E-state index in [4.69, 9.17) is 20.6 Å². The number of hydrogen-bond acceptors (Lipinski definition) is 5. The van der Waals surface area contributed by atoms with Gasteiger partial charge in [0, 0.05) is 56.2 Å². The number of amides is 1. The van der Waals surface area contributed by atoms with Gasteiger partial charge in [-0.15, -0.1) is 0 Å². The minimum Gasteiger partial charge on any atom is -0.340 e. The van der Waals surface area contributed by atoms with Crippen LogP contribution in [0.15, 0.2) is 36.8 Å².